The molecule has 2 N–H and O–H groups in total. The maximum absolute atomic E-state index is 9.95. The molecule has 0 saturated heterocycles. The van der Waals surface area contributed by atoms with Crippen LogP contribution in [0.25, 0.3) is 0 Å². The zero-order valence-electron chi connectivity index (χ0n) is 8.85. The summed E-state index contributed by atoms with van der Waals surface area (Å²) in [6, 6.07) is 0. The lowest BCUT2D eigenvalue weighted by molar-refractivity contribution is -0.670. The number of aromatic nitrogens is 2. The number of H-pyrrole nitrogens is 1. The molecule has 0 radical (unpaired) electrons. The van der Waals surface area contributed by atoms with E-state index >= 15 is 0 Å². The van der Waals surface area contributed by atoms with Crippen molar-refractivity contribution in [3.63, 3.8) is 0 Å². The van der Waals surface area contributed by atoms with Crippen LogP contribution in [-0.2, 0) is 17.2 Å². The Balaban J connectivity index is 0. The second-order valence-electron chi connectivity index (χ2n) is 2.92. The topological polar surface area (TPSA) is 74.0 Å². The highest BCUT2D eigenvalue weighted by molar-refractivity contribution is 7.85. The Labute approximate surface area is 96.7 Å². The molecule has 0 unspecified atom stereocenters. The molecule has 0 bridgehead atoms. The standard InChI is InChI=1S/C4H6N2.C4H10O3S.ClH/c1-6-3-2-5-4-6;1-2-3-4-8(5,6)7;/h2-4H,1H3;2-4H2,1H3,(H,5,6,7);1H. The fourth-order valence-corrected chi connectivity index (χ4v) is 1.34. The largest absolute Gasteiger partial charge is 1.00 e. The molecule has 15 heavy (non-hydrogen) atoms. The maximum Gasteiger partial charge on any atom is 0.264 e. The van der Waals surface area contributed by atoms with Crippen molar-refractivity contribution in [2.45, 2.75) is 19.8 Å². The molecule has 90 valence electrons. The third-order valence-electron chi connectivity index (χ3n) is 1.44. The maximum atomic E-state index is 9.95. The molecule has 0 atom stereocenters. The molecule has 0 aromatic carbocycles. The molecule has 1 heterocycles. The van der Waals surface area contributed by atoms with Crippen molar-refractivity contribution in [2.75, 3.05) is 5.75 Å². The zero-order valence-corrected chi connectivity index (χ0v) is 10.4. The number of hydrogen-bond donors (Lipinski definition) is 2. The van der Waals surface area contributed by atoms with Crippen molar-refractivity contribution >= 4 is 10.1 Å². The minimum atomic E-state index is -3.69. The highest BCUT2D eigenvalue weighted by Gasteiger charge is 2.00. The molecule has 0 spiro atoms. The van der Waals surface area contributed by atoms with E-state index in [2.05, 4.69) is 4.98 Å². The molecule has 0 aliphatic carbocycles. The summed E-state index contributed by atoms with van der Waals surface area (Å²) < 4.78 is 30.0. The molecule has 7 heteroatoms. The highest BCUT2D eigenvalue weighted by atomic mass is 35.5. The summed E-state index contributed by atoms with van der Waals surface area (Å²) in [6.07, 6.45) is 7.03. The minimum absolute atomic E-state index is 0. The summed E-state index contributed by atoms with van der Waals surface area (Å²) in [5.41, 5.74) is 0. The number of unbranched alkanes of at least 4 members (excludes halogenated alkanes) is 1. The van der Waals surface area contributed by atoms with Crippen LogP contribution in [0.4, 0.5) is 0 Å². The SMILES string of the molecule is CCCCS(=O)(=O)O.C[n+]1cc[nH]c1.[Cl-]. The second kappa shape index (κ2) is 8.70. The normalized spacial score (nSPS) is 9.80. The zero-order chi connectivity index (χ0) is 11.0. The van der Waals surface area contributed by atoms with Gasteiger partial charge in [0.05, 0.1) is 12.8 Å². The summed E-state index contributed by atoms with van der Waals surface area (Å²) >= 11 is 0. The highest BCUT2D eigenvalue weighted by Crippen LogP contribution is 1.90. The molecule has 1 aromatic rings. The smallest absolute Gasteiger partial charge is 0.264 e. The van der Waals surface area contributed by atoms with Crippen molar-refractivity contribution in [1.82, 2.24) is 4.98 Å². The van der Waals surface area contributed by atoms with Gasteiger partial charge in [-0.2, -0.15) is 8.42 Å². The van der Waals surface area contributed by atoms with Crippen LogP contribution in [0.15, 0.2) is 18.7 Å². The Hall–Kier alpha value is -0.590. The van der Waals surface area contributed by atoms with Gasteiger partial charge < -0.3 is 12.4 Å². The Morgan fingerprint density at radius 3 is 2.20 bits per heavy atom. The first-order valence-electron chi connectivity index (χ1n) is 4.39. The van der Waals surface area contributed by atoms with E-state index in [-0.39, 0.29) is 18.2 Å². The quantitative estimate of drug-likeness (QED) is 0.465. The number of aryl methyl sites for hydroxylation is 1. The van der Waals surface area contributed by atoms with Crippen molar-refractivity contribution < 1.29 is 29.9 Å². The molecule has 1 rings (SSSR count). The lowest BCUT2D eigenvalue weighted by Gasteiger charge is -1.90. The fraction of sp³-hybridized carbons (Fsp3) is 0.625. The molecule has 0 amide bonds. The summed E-state index contributed by atoms with van der Waals surface area (Å²) in [7, 11) is -1.72. The van der Waals surface area contributed by atoms with Gasteiger partial charge in [-0.1, -0.05) is 13.3 Å². The van der Waals surface area contributed by atoms with Gasteiger partial charge in [0.15, 0.2) is 0 Å². The monoisotopic (exact) mass is 256 g/mol. The van der Waals surface area contributed by atoms with Crippen molar-refractivity contribution in [3.8, 4) is 0 Å². The van der Waals surface area contributed by atoms with E-state index in [1.807, 2.05) is 37.3 Å². The van der Waals surface area contributed by atoms with Gasteiger partial charge >= 0.3 is 0 Å². The lowest BCUT2D eigenvalue weighted by Crippen LogP contribution is -3.00. The van der Waals surface area contributed by atoms with Gasteiger partial charge in [0.2, 0.25) is 6.33 Å². The van der Waals surface area contributed by atoms with E-state index in [0.717, 1.165) is 6.42 Å². The third kappa shape index (κ3) is 13.4. The van der Waals surface area contributed by atoms with Crippen molar-refractivity contribution in [3.05, 3.63) is 18.7 Å². The van der Waals surface area contributed by atoms with Crippen molar-refractivity contribution in [1.29, 1.82) is 0 Å². The molecular formula is C8H17ClN2O3S. The van der Waals surface area contributed by atoms with Crippen LogP contribution >= 0.6 is 0 Å². The lowest BCUT2D eigenvalue weighted by atomic mass is 10.4. The van der Waals surface area contributed by atoms with Crippen LogP contribution in [-0.4, -0.2) is 23.7 Å². The van der Waals surface area contributed by atoms with Gasteiger partial charge in [-0.3, -0.25) is 9.54 Å². The number of aromatic amines is 1. The molecule has 0 aliphatic rings. The number of rotatable bonds is 3. The number of nitrogens with zero attached hydrogens (tertiary/aromatic N) is 1. The number of halogens is 1. The number of imidazole rings is 1. The van der Waals surface area contributed by atoms with Crippen LogP contribution in [0.5, 0.6) is 0 Å². The van der Waals surface area contributed by atoms with Gasteiger partial charge in [0.25, 0.3) is 10.1 Å². The Kier molecular flexibility index (Phi) is 9.76. The minimum Gasteiger partial charge on any atom is -1.00 e. The Bertz CT molecular complexity index is 324. The molecular weight excluding hydrogens is 240 g/mol. The van der Waals surface area contributed by atoms with E-state index in [0.29, 0.717) is 6.42 Å². The predicted molar refractivity (Wildman–Crippen MR) is 53.3 cm³/mol. The molecule has 1 aromatic heterocycles. The number of hydrogen-bond acceptors (Lipinski definition) is 2. The van der Waals surface area contributed by atoms with Gasteiger partial charge in [-0.05, 0) is 6.42 Å². The Morgan fingerprint density at radius 1 is 1.47 bits per heavy atom. The van der Waals surface area contributed by atoms with E-state index < -0.39 is 10.1 Å². The molecule has 0 aliphatic heterocycles. The fourth-order valence-electron chi connectivity index (χ4n) is 0.691. The van der Waals surface area contributed by atoms with Gasteiger partial charge in [0.1, 0.15) is 12.4 Å². The average molecular weight is 257 g/mol. The summed E-state index contributed by atoms with van der Waals surface area (Å²) in [5.74, 6) is -0.108. The van der Waals surface area contributed by atoms with E-state index in [4.69, 9.17) is 4.55 Å². The van der Waals surface area contributed by atoms with Gasteiger partial charge in [-0.15, -0.1) is 0 Å². The van der Waals surface area contributed by atoms with Gasteiger partial charge in [0, 0.05) is 0 Å². The number of nitrogens with one attached hydrogen (secondary N) is 1. The molecule has 0 saturated carbocycles. The summed E-state index contributed by atoms with van der Waals surface area (Å²) in [4.78, 5) is 2.89. The molecule has 5 nitrogen and oxygen atoms in total. The first-order chi connectivity index (χ1) is 6.45. The van der Waals surface area contributed by atoms with Crippen LogP contribution in [0.1, 0.15) is 19.8 Å². The first-order valence-corrected chi connectivity index (χ1v) is 6.00. The predicted octanol–water partition coefficient (Wildman–Crippen LogP) is -2.48. The first kappa shape index (κ1) is 16.8. The van der Waals surface area contributed by atoms with Crippen LogP contribution in [0, 0.1) is 0 Å². The van der Waals surface area contributed by atoms with Crippen LogP contribution in [0.2, 0.25) is 0 Å². The van der Waals surface area contributed by atoms with E-state index in [1.165, 1.54) is 0 Å². The summed E-state index contributed by atoms with van der Waals surface area (Å²) in [6.45, 7) is 1.87. The van der Waals surface area contributed by atoms with Crippen LogP contribution in [0.3, 0.4) is 0 Å². The second-order valence-corrected chi connectivity index (χ2v) is 4.49. The Morgan fingerprint density at radius 2 is 2.07 bits per heavy atom. The molecule has 0 fully saturated rings. The van der Waals surface area contributed by atoms with Crippen molar-refractivity contribution in [2.24, 2.45) is 7.05 Å². The van der Waals surface area contributed by atoms with E-state index in [9.17, 15) is 8.42 Å². The van der Waals surface area contributed by atoms with Gasteiger partial charge in [-0.25, -0.2) is 4.57 Å². The third-order valence-corrected chi connectivity index (χ3v) is 2.24. The average Bonchev–Trinajstić information content (AvgIpc) is 2.52. The van der Waals surface area contributed by atoms with E-state index in [1.54, 1.807) is 0 Å². The summed E-state index contributed by atoms with van der Waals surface area (Å²) in [5, 5.41) is 0. The van der Waals surface area contributed by atoms with Crippen LogP contribution < -0.4 is 17.0 Å².